The summed E-state index contributed by atoms with van der Waals surface area (Å²) in [5.41, 5.74) is -0.731. The van der Waals surface area contributed by atoms with Crippen LogP contribution in [0.1, 0.15) is 25.0 Å². The van der Waals surface area contributed by atoms with E-state index in [1.54, 1.807) is 16.9 Å². The van der Waals surface area contributed by atoms with Crippen molar-refractivity contribution in [3.63, 3.8) is 0 Å². The molecule has 1 fully saturated rings. The third kappa shape index (κ3) is 5.24. The fourth-order valence-electron chi connectivity index (χ4n) is 6.01. The number of alkyl halides is 3. The maximum Gasteiger partial charge on any atom is 0.417 e. The van der Waals surface area contributed by atoms with Gasteiger partial charge in [-0.15, -0.1) is 11.8 Å². The van der Waals surface area contributed by atoms with Gasteiger partial charge in [0.25, 0.3) is 0 Å². The first kappa shape index (κ1) is 30.9. The Morgan fingerprint density at radius 1 is 1.24 bits per heavy atom. The minimum atomic E-state index is -4.82. The van der Waals surface area contributed by atoms with Crippen LogP contribution in [-0.2, 0) is 15.7 Å². The van der Waals surface area contributed by atoms with Gasteiger partial charge in [-0.05, 0) is 54.1 Å². The fourth-order valence-corrected chi connectivity index (χ4v) is 7.81. The van der Waals surface area contributed by atoms with E-state index in [9.17, 15) is 18.0 Å². The van der Waals surface area contributed by atoms with Crippen LogP contribution in [0.2, 0.25) is 5.02 Å². The van der Waals surface area contributed by atoms with Crippen molar-refractivity contribution in [3.05, 3.63) is 69.7 Å². The molecule has 0 aliphatic carbocycles. The lowest BCUT2D eigenvalue weighted by atomic mass is 9.92. The number of benzene rings is 2. The summed E-state index contributed by atoms with van der Waals surface area (Å²) in [5, 5.41) is 0.0472. The highest BCUT2D eigenvalue weighted by Gasteiger charge is 2.45. The Labute approximate surface area is 259 Å². The van der Waals surface area contributed by atoms with Crippen LogP contribution >= 0.6 is 39.3 Å². The third-order valence-electron chi connectivity index (χ3n) is 7.63. The van der Waals surface area contributed by atoms with E-state index in [1.807, 2.05) is 18.7 Å². The molecule has 0 radical (unpaired) electrons. The van der Waals surface area contributed by atoms with Crippen molar-refractivity contribution in [3.8, 4) is 11.1 Å². The van der Waals surface area contributed by atoms with E-state index in [4.69, 9.17) is 21.3 Å². The molecule has 1 amide bonds. The zero-order valence-electron chi connectivity index (χ0n) is 23.1. The van der Waals surface area contributed by atoms with Crippen molar-refractivity contribution in [2.24, 2.45) is 4.99 Å². The summed E-state index contributed by atoms with van der Waals surface area (Å²) in [6.45, 7) is 12.5. The van der Waals surface area contributed by atoms with E-state index in [2.05, 4.69) is 29.1 Å². The molecule has 0 spiro atoms. The summed E-state index contributed by atoms with van der Waals surface area (Å²) in [5.74, 6) is -0.0532. The Morgan fingerprint density at radius 3 is 2.50 bits per heavy atom. The number of methoxy groups -OCH3 is 1. The molecule has 0 aromatic heterocycles. The van der Waals surface area contributed by atoms with Gasteiger partial charge < -0.3 is 19.4 Å². The average molecular weight is 688 g/mol. The Balaban J connectivity index is 1.76. The van der Waals surface area contributed by atoms with Crippen LogP contribution in [0.15, 0.2) is 57.6 Å². The van der Waals surface area contributed by atoms with Gasteiger partial charge in [-0.1, -0.05) is 24.8 Å². The van der Waals surface area contributed by atoms with Gasteiger partial charge in [-0.3, -0.25) is 4.79 Å². The number of anilines is 1. The first-order chi connectivity index (χ1) is 19.8. The summed E-state index contributed by atoms with van der Waals surface area (Å²) in [7, 11) is 1.55. The monoisotopic (exact) mass is 686 g/mol. The number of amidine groups is 1. The Hall–Kier alpha value is -2.54. The number of rotatable bonds is 4. The van der Waals surface area contributed by atoms with Crippen LogP contribution < -0.4 is 4.90 Å². The number of thioether (sulfide) groups is 1. The van der Waals surface area contributed by atoms with E-state index in [1.165, 1.54) is 23.9 Å². The van der Waals surface area contributed by atoms with Crippen molar-refractivity contribution >= 4 is 56.7 Å². The van der Waals surface area contributed by atoms with E-state index in [0.29, 0.717) is 36.2 Å². The van der Waals surface area contributed by atoms with Crippen LogP contribution in [0.4, 0.5) is 23.2 Å². The Morgan fingerprint density at radius 2 is 1.90 bits per heavy atom. The molecule has 2 aromatic carbocycles. The van der Waals surface area contributed by atoms with Crippen molar-refractivity contribution in [2.45, 2.75) is 43.0 Å². The van der Waals surface area contributed by atoms with E-state index >= 15 is 4.39 Å². The highest BCUT2D eigenvalue weighted by Crippen LogP contribution is 2.54. The van der Waals surface area contributed by atoms with Crippen LogP contribution in [0.25, 0.3) is 11.1 Å². The largest absolute Gasteiger partial charge is 0.417 e. The number of hydrogen-bond donors (Lipinski definition) is 0. The Bertz CT molecular complexity index is 1510. The molecule has 3 atom stereocenters. The van der Waals surface area contributed by atoms with Crippen molar-refractivity contribution in [2.75, 3.05) is 37.5 Å². The topological polar surface area (TPSA) is 48.4 Å². The number of carbonyl (C=O) groups excluding carboxylic acids is 1. The van der Waals surface area contributed by atoms with Crippen LogP contribution in [0.5, 0.6) is 0 Å². The molecular formula is C29H28BrClF4N4O2S. The van der Waals surface area contributed by atoms with Gasteiger partial charge in [0.05, 0.1) is 28.9 Å². The van der Waals surface area contributed by atoms with E-state index < -0.39 is 17.6 Å². The summed E-state index contributed by atoms with van der Waals surface area (Å²) >= 11 is 10.5. The molecular weight excluding hydrogens is 660 g/mol. The lowest BCUT2D eigenvalue weighted by Crippen LogP contribution is -2.60. The number of halogens is 6. The molecule has 0 saturated carbocycles. The molecule has 5 rings (SSSR count). The number of carbonyl (C=O) groups is 1. The predicted molar refractivity (Wildman–Crippen MR) is 162 cm³/mol. The summed E-state index contributed by atoms with van der Waals surface area (Å²) < 4.78 is 65.7. The lowest BCUT2D eigenvalue weighted by Gasteiger charge is -2.48. The quantitative estimate of drug-likeness (QED) is 0.194. The fraction of sp³-hybridized carbons (Fsp3) is 0.379. The number of piperazine rings is 1. The SMILES string of the molecule is C=CC(=O)N1[C@H](C)CN(C2=NC(=C)N3c4c2cc(C(F)(F)F)c(-c2cc(Br)c(Cl)cc2F)c4SC[C@@H]3COC)C[C@@H]1C. The molecule has 0 unspecified atom stereocenters. The summed E-state index contributed by atoms with van der Waals surface area (Å²) in [4.78, 5) is 22.9. The molecule has 2 aromatic rings. The molecule has 13 heteroatoms. The van der Waals surface area contributed by atoms with Gasteiger partial charge >= 0.3 is 6.18 Å². The van der Waals surface area contributed by atoms with Crippen LogP contribution in [-0.4, -0.2) is 72.2 Å². The van der Waals surface area contributed by atoms with Gasteiger partial charge in [0, 0.05) is 64.1 Å². The predicted octanol–water partition coefficient (Wildman–Crippen LogP) is 7.19. The molecule has 3 heterocycles. The van der Waals surface area contributed by atoms with Crippen molar-refractivity contribution in [1.29, 1.82) is 0 Å². The van der Waals surface area contributed by atoms with Gasteiger partial charge in [0.2, 0.25) is 5.91 Å². The van der Waals surface area contributed by atoms with Crippen molar-refractivity contribution in [1.82, 2.24) is 9.80 Å². The van der Waals surface area contributed by atoms with Crippen LogP contribution in [0, 0.1) is 5.82 Å². The van der Waals surface area contributed by atoms with Crippen molar-refractivity contribution < 1.29 is 27.1 Å². The van der Waals surface area contributed by atoms with Gasteiger partial charge in [-0.2, -0.15) is 13.2 Å². The molecule has 3 aliphatic rings. The van der Waals surface area contributed by atoms with E-state index in [-0.39, 0.29) is 61.7 Å². The number of hydrogen-bond acceptors (Lipinski definition) is 6. The average Bonchev–Trinajstić information content (AvgIpc) is 2.91. The molecule has 42 heavy (non-hydrogen) atoms. The highest BCUT2D eigenvalue weighted by atomic mass is 79.9. The Kier molecular flexibility index (Phi) is 8.47. The minimum absolute atomic E-state index is 0.0472. The normalized spacial score (nSPS) is 22.2. The number of ether oxygens (including phenoxy) is 1. The first-order valence-corrected chi connectivity index (χ1v) is 15.3. The number of amides is 1. The molecule has 0 bridgehead atoms. The second-order valence-electron chi connectivity index (χ2n) is 10.5. The second-order valence-corrected chi connectivity index (χ2v) is 12.8. The molecule has 3 aliphatic heterocycles. The number of nitrogens with zero attached hydrogens (tertiary/aromatic N) is 4. The standard InChI is InChI=1S/C29H28BrClF4N4O2S/c1-6-24(40)38-14(2)10-37(11-15(38)3)28-19-7-20(29(33,34)35)25(18-8-21(30)22(31)9-23(18)32)27-26(19)39(16(4)36-28)17(12-41-5)13-42-27/h6-9,14-15,17H,1,4,10-13H2,2-3,5H3/t14-,15+,17-/m0/s1. The zero-order valence-corrected chi connectivity index (χ0v) is 26.2. The smallest absolute Gasteiger partial charge is 0.383 e. The lowest BCUT2D eigenvalue weighted by molar-refractivity contribution is -0.137. The highest BCUT2D eigenvalue weighted by molar-refractivity contribution is 9.10. The molecule has 0 N–H and O–H groups in total. The van der Waals surface area contributed by atoms with Gasteiger partial charge in [0.1, 0.15) is 17.5 Å². The maximum absolute atomic E-state index is 15.4. The maximum atomic E-state index is 15.4. The zero-order chi connectivity index (χ0) is 30.7. The first-order valence-electron chi connectivity index (χ1n) is 13.1. The van der Waals surface area contributed by atoms with E-state index in [0.717, 1.165) is 12.1 Å². The minimum Gasteiger partial charge on any atom is -0.383 e. The number of aliphatic imine (C=N–C) groups is 1. The molecule has 224 valence electrons. The van der Waals surface area contributed by atoms with Crippen LogP contribution in [0.3, 0.4) is 0 Å². The summed E-state index contributed by atoms with van der Waals surface area (Å²) in [6.07, 6.45) is -3.56. The third-order valence-corrected chi connectivity index (χ3v) is 10.1. The van der Waals surface area contributed by atoms with Gasteiger partial charge in [0.15, 0.2) is 0 Å². The second kappa shape index (κ2) is 11.5. The molecule has 1 saturated heterocycles. The molecule has 6 nitrogen and oxygen atoms in total. The summed E-state index contributed by atoms with van der Waals surface area (Å²) in [6, 6.07) is 2.55. The van der Waals surface area contributed by atoms with Gasteiger partial charge in [-0.25, -0.2) is 9.38 Å².